The average Bonchev–Trinajstić information content (AvgIpc) is 2.70. The van der Waals surface area contributed by atoms with E-state index in [4.69, 9.17) is 5.73 Å². The molecule has 0 unspecified atom stereocenters. The van der Waals surface area contributed by atoms with E-state index in [9.17, 15) is 8.42 Å². The fourth-order valence-corrected chi connectivity index (χ4v) is 1.90. The van der Waals surface area contributed by atoms with Gasteiger partial charge in [0, 0.05) is 14.1 Å². The lowest BCUT2D eigenvalue weighted by molar-refractivity contribution is 0.306. The molecule has 2 rings (SSSR count). The molecule has 1 fully saturated rings. The summed E-state index contributed by atoms with van der Waals surface area (Å²) in [7, 11) is -0.769. The van der Waals surface area contributed by atoms with Crippen LogP contribution in [0.2, 0.25) is 0 Å². The molecule has 0 atom stereocenters. The zero-order chi connectivity index (χ0) is 13.3. The number of hydrogen-bond acceptors (Lipinski definition) is 10. The highest BCUT2D eigenvalue weighted by Gasteiger charge is 2.31. The van der Waals surface area contributed by atoms with Gasteiger partial charge in [-0.15, -0.1) is 4.28 Å². The number of hydrogen-bond donors (Lipinski definition) is 3. The van der Waals surface area contributed by atoms with Crippen LogP contribution in [0, 0.1) is 0 Å². The standard InChI is InChI=1S/C7H12N6O4S/c1-9-5-4(8)6(10-2)12-7(11-5)13-3-16-18(14,15)17-13/h3,8H2,1-2H3,(H2,9,10,11,12). The Morgan fingerprint density at radius 2 is 1.83 bits per heavy atom. The van der Waals surface area contributed by atoms with Gasteiger partial charge in [-0.25, -0.2) is 4.18 Å². The summed E-state index contributed by atoms with van der Waals surface area (Å²) in [5.74, 6) is 0.702. The predicted molar refractivity (Wildman–Crippen MR) is 64.0 cm³/mol. The van der Waals surface area contributed by atoms with E-state index < -0.39 is 10.4 Å². The summed E-state index contributed by atoms with van der Waals surface area (Å²) in [6.45, 7) is -0.321. The van der Waals surface area contributed by atoms with Crippen LogP contribution in [0.1, 0.15) is 0 Å². The van der Waals surface area contributed by atoms with Crippen molar-refractivity contribution in [1.82, 2.24) is 9.97 Å². The number of hydroxylamine groups is 1. The Kier molecular flexibility index (Phi) is 3.11. The highest BCUT2D eigenvalue weighted by atomic mass is 32.3. The van der Waals surface area contributed by atoms with E-state index >= 15 is 0 Å². The molecule has 11 heteroatoms. The summed E-state index contributed by atoms with van der Waals surface area (Å²) in [6.07, 6.45) is 0. The lowest BCUT2D eigenvalue weighted by Gasteiger charge is -2.14. The van der Waals surface area contributed by atoms with Gasteiger partial charge in [-0.3, -0.25) is 0 Å². The number of anilines is 4. The van der Waals surface area contributed by atoms with Crippen molar-refractivity contribution in [2.75, 3.05) is 42.3 Å². The van der Waals surface area contributed by atoms with Gasteiger partial charge < -0.3 is 16.4 Å². The Hall–Kier alpha value is -1.85. The van der Waals surface area contributed by atoms with Crippen molar-refractivity contribution in [2.24, 2.45) is 0 Å². The second-order valence-electron chi connectivity index (χ2n) is 3.24. The second kappa shape index (κ2) is 4.44. The summed E-state index contributed by atoms with van der Waals surface area (Å²) in [6, 6.07) is 0. The Bertz CT molecular complexity index is 536. The molecule has 10 nitrogen and oxygen atoms in total. The van der Waals surface area contributed by atoms with Crippen LogP contribution in [0.15, 0.2) is 0 Å². The molecule has 18 heavy (non-hydrogen) atoms. The Balaban J connectivity index is 2.40. The number of rotatable bonds is 3. The molecule has 2 heterocycles. The van der Waals surface area contributed by atoms with Crippen molar-refractivity contribution in [3.63, 3.8) is 0 Å². The molecule has 0 radical (unpaired) electrons. The van der Waals surface area contributed by atoms with Gasteiger partial charge in [0.2, 0.25) is 0 Å². The smallest absolute Gasteiger partial charge is 0.393 e. The molecule has 0 bridgehead atoms. The highest BCUT2D eigenvalue weighted by molar-refractivity contribution is 7.82. The third-order valence-electron chi connectivity index (χ3n) is 2.13. The molecular formula is C7H12N6O4S. The van der Waals surface area contributed by atoms with E-state index in [1.165, 1.54) is 0 Å². The van der Waals surface area contributed by atoms with E-state index in [-0.39, 0.29) is 12.7 Å². The lowest BCUT2D eigenvalue weighted by atomic mass is 10.4. The molecule has 4 N–H and O–H groups in total. The average molecular weight is 276 g/mol. The van der Waals surface area contributed by atoms with Gasteiger partial charge >= 0.3 is 10.4 Å². The first kappa shape index (κ1) is 12.6. The number of aromatic nitrogens is 2. The molecule has 1 aliphatic rings. The zero-order valence-electron chi connectivity index (χ0n) is 9.67. The molecule has 1 aromatic rings. The monoisotopic (exact) mass is 276 g/mol. The Morgan fingerprint density at radius 3 is 2.22 bits per heavy atom. The van der Waals surface area contributed by atoms with Crippen LogP contribution in [-0.4, -0.2) is 39.2 Å². The van der Waals surface area contributed by atoms with Crippen LogP contribution in [0.4, 0.5) is 23.3 Å². The summed E-state index contributed by atoms with van der Waals surface area (Å²) in [5.41, 5.74) is 6.08. The molecule has 100 valence electrons. The molecule has 1 saturated heterocycles. The predicted octanol–water partition coefficient (Wildman–Crippen LogP) is -0.887. The number of nitrogens with two attached hydrogens (primary N) is 1. The number of nitrogen functional groups attached to an aromatic ring is 1. The molecule has 0 spiro atoms. The maximum absolute atomic E-state index is 11.0. The quantitative estimate of drug-likeness (QED) is 0.638. The van der Waals surface area contributed by atoms with Gasteiger partial charge in [0.15, 0.2) is 18.4 Å². The van der Waals surface area contributed by atoms with Crippen LogP contribution in [0.3, 0.4) is 0 Å². The van der Waals surface area contributed by atoms with Gasteiger partial charge in [0.1, 0.15) is 5.69 Å². The summed E-state index contributed by atoms with van der Waals surface area (Å²) < 4.78 is 30.9. The van der Waals surface area contributed by atoms with Crippen molar-refractivity contribution in [2.45, 2.75) is 0 Å². The van der Waals surface area contributed by atoms with Crippen LogP contribution in [-0.2, 0) is 18.9 Å². The van der Waals surface area contributed by atoms with E-state index in [1.807, 2.05) is 0 Å². The molecule has 0 aliphatic carbocycles. The zero-order valence-corrected chi connectivity index (χ0v) is 10.5. The van der Waals surface area contributed by atoms with Crippen molar-refractivity contribution in [1.29, 1.82) is 0 Å². The SMILES string of the molecule is CNc1nc(N2COS(=O)(=O)O2)nc(NC)c1N. The third kappa shape index (κ3) is 2.23. The first-order valence-corrected chi connectivity index (χ1v) is 6.19. The van der Waals surface area contributed by atoms with Gasteiger partial charge in [0.05, 0.1) is 0 Å². The fraction of sp³-hybridized carbons (Fsp3) is 0.429. The van der Waals surface area contributed by atoms with Gasteiger partial charge in [-0.05, 0) is 0 Å². The van der Waals surface area contributed by atoms with Crippen molar-refractivity contribution < 1.29 is 16.9 Å². The normalized spacial score (nSPS) is 17.8. The summed E-state index contributed by atoms with van der Waals surface area (Å²) in [4.78, 5) is 8.03. The van der Waals surface area contributed by atoms with Crippen LogP contribution < -0.4 is 21.4 Å². The van der Waals surface area contributed by atoms with Crippen LogP contribution in [0.5, 0.6) is 0 Å². The molecular weight excluding hydrogens is 264 g/mol. The maximum Gasteiger partial charge on any atom is 0.423 e. The molecule has 1 aliphatic heterocycles. The third-order valence-corrected chi connectivity index (χ3v) is 2.88. The topological polar surface area (TPSA) is 132 Å². The second-order valence-corrected chi connectivity index (χ2v) is 4.44. The van der Waals surface area contributed by atoms with Crippen LogP contribution >= 0.6 is 0 Å². The number of nitrogens with one attached hydrogen (secondary N) is 2. The first-order valence-electron chi connectivity index (χ1n) is 4.86. The Labute approximate surface area is 103 Å². The first-order chi connectivity index (χ1) is 8.46. The van der Waals surface area contributed by atoms with Crippen molar-refractivity contribution in [3.05, 3.63) is 0 Å². The van der Waals surface area contributed by atoms with E-state index in [2.05, 4.69) is 29.1 Å². The molecule has 1 aromatic heterocycles. The number of nitrogens with zero attached hydrogens (tertiary/aromatic N) is 3. The largest absolute Gasteiger partial charge is 0.423 e. The summed E-state index contributed by atoms with van der Waals surface area (Å²) in [5, 5.41) is 6.43. The lowest BCUT2D eigenvalue weighted by Crippen LogP contribution is -2.21. The van der Waals surface area contributed by atoms with E-state index in [1.54, 1.807) is 14.1 Å². The minimum atomic E-state index is -4.02. The maximum atomic E-state index is 11.0. The van der Waals surface area contributed by atoms with E-state index in [0.717, 1.165) is 5.06 Å². The molecule has 0 amide bonds. The van der Waals surface area contributed by atoms with Gasteiger partial charge in [0.25, 0.3) is 5.95 Å². The van der Waals surface area contributed by atoms with Crippen molar-refractivity contribution >= 4 is 33.7 Å². The summed E-state index contributed by atoms with van der Waals surface area (Å²) >= 11 is 0. The molecule has 0 aromatic carbocycles. The van der Waals surface area contributed by atoms with Crippen LogP contribution in [0.25, 0.3) is 0 Å². The van der Waals surface area contributed by atoms with E-state index in [0.29, 0.717) is 17.3 Å². The van der Waals surface area contributed by atoms with Crippen molar-refractivity contribution in [3.8, 4) is 0 Å². The Morgan fingerprint density at radius 1 is 1.28 bits per heavy atom. The fourth-order valence-electron chi connectivity index (χ4n) is 1.31. The minimum Gasteiger partial charge on any atom is -0.393 e. The minimum absolute atomic E-state index is 0.0129. The highest BCUT2D eigenvalue weighted by Crippen LogP contribution is 2.28. The van der Waals surface area contributed by atoms with Gasteiger partial charge in [-0.1, -0.05) is 0 Å². The molecule has 0 saturated carbocycles. The van der Waals surface area contributed by atoms with Gasteiger partial charge in [-0.2, -0.15) is 23.4 Å².